The summed E-state index contributed by atoms with van der Waals surface area (Å²) in [4.78, 5) is 11.8. The van der Waals surface area contributed by atoms with E-state index in [1.807, 2.05) is 13.0 Å². The molecule has 0 saturated heterocycles. The van der Waals surface area contributed by atoms with Crippen LogP contribution >= 0.6 is 11.6 Å². The third kappa shape index (κ3) is 2.72. The number of furan rings is 1. The van der Waals surface area contributed by atoms with Crippen LogP contribution in [0.4, 0.5) is 0 Å². The highest BCUT2D eigenvalue weighted by Gasteiger charge is 2.35. The molecule has 1 heterocycles. The monoisotopic (exact) mass is 269 g/mol. The van der Waals surface area contributed by atoms with Gasteiger partial charge in [-0.3, -0.25) is 4.79 Å². The Labute approximate surface area is 113 Å². The number of fused-ring (bicyclic) bond motifs is 1. The average molecular weight is 270 g/mol. The predicted molar refractivity (Wildman–Crippen MR) is 71.7 cm³/mol. The summed E-state index contributed by atoms with van der Waals surface area (Å²) in [5, 5.41) is 2.50. The van der Waals surface area contributed by atoms with Gasteiger partial charge in [0.05, 0.1) is 6.04 Å². The van der Waals surface area contributed by atoms with Crippen molar-refractivity contribution in [3.05, 3.63) is 23.2 Å². The first-order valence-corrected chi connectivity index (χ1v) is 6.76. The van der Waals surface area contributed by atoms with Gasteiger partial charge in [-0.25, -0.2) is 0 Å². The van der Waals surface area contributed by atoms with Crippen molar-refractivity contribution < 1.29 is 9.21 Å². The summed E-state index contributed by atoms with van der Waals surface area (Å²) in [6, 6.07) is 2.03. The maximum atomic E-state index is 11.8. The molecule has 100 valence electrons. The van der Waals surface area contributed by atoms with Crippen molar-refractivity contribution in [1.82, 2.24) is 5.32 Å². The Bertz CT molecular complexity index is 462. The Hall–Kier alpha value is -0.960. The van der Waals surface area contributed by atoms with Crippen LogP contribution in [0.15, 0.2) is 10.5 Å². The first-order valence-electron chi connectivity index (χ1n) is 6.32. The van der Waals surface area contributed by atoms with Crippen molar-refractivity contribution in [1.29, 1.82) is 0 Å². The van der Waals surface area contributed by atoms with Gasteiger partial charge < -0.3 is 9.73 Å². The minimum Gasteiger partial charge on any atom is -0.466 e. The molecule has 0 fully saturated rings. The lowest BCUT2D eigenvalue weighted by atomic mass is 9.74. The molecule has 1 amide bonds. The number of nitrogens with one attached hydrogen (secondary N) is 1. The Balaban J connectivity index is 2.27. The highest BCUT2D eigenvalue weighted by Crippen LogP contribution is 2.42. The van der Waals surface area contributed by atoms with E-state index >= 15 is 0 Å². The fraction of sp³-hybridized carbons (Fsp3) is 0.643. The molecule has 0 spiro atoms. The van der Waals surface area contributed by atoms with E-state index in [1.165, 1.54) is 0 Å². The van der Waals surface area contributed by atoms with Crippen molar-refractivity contribution in [2.75, 3.05) is 0 Å². The molecule has 0 aromatic carbocycles. The standard InChI is InChI=1S/C14H20ClNO2/c1-8-5-10-11(16-13(17)9(2)15)6-14(3,4)7-12(10)18-8/h5,9,11H,6-7H2,1-4H3,(H,16,17). The predicted octanol–water partition coefficient (Wildman–Crippen LogP) is 3.35. The van der Waals surface area contributed by atoms with Crippen LogP contribution in [-0.2, 0) is 11.2 Å². The lowest BCUT2D eigenvalue weighted by Crippen LogP contribution is -2.38. The van der Waals surface area contributed by atoms with Gasteiger partial charge in [-0.1, -0.05) is 13.8 Å². The molecule has 1 aromatic rings. The molecular formula is C14H20ClNO2. The number of aryl methyl sites for hydroxylation is 1. The van der Waals surface area contributed by atoms with Gasteiger partial charge in [-0.2, -0.15) is 0 Å². The molecule has 0 radical (unpaired) electrons. The third-order valence-corrected chi connectivity index (χ3v) is 3.61. The molecule has 0 aliphatic heterocycles. The van der Waals surface area contributed by atoms with Crippen LogP contribution in [0.3, 0.4) is 0 Å². The number of amides is 1. The van der Waals surface area contributed by atoms with Gasteiger partial charge in [0.15, 0.2) is 0 Å². The third-order valence-electron chi connectivity index (χ3n) is 3.41. The first kappa shape index (κ1) is 13.5. The maximum absolute atomic E-state index is 11.8. The smallest absolute Gasteiger partial charge is 0.238 e. The first-order chi connectivity index (χ1) is 8.28. The van der Waals surface area contributed by atoms with Crippen LogP contribution in [-0.4, -0.2) is 11.3 Å². The van der Waals surface area contributed by atoms with Gasteiger partial charge in [0, 0.05) is 12.0 Å². The number of carbonyl (C=O) groups excluding carboxylic acids is 1. The molecule has 0 bridgehead atoms. The maximum Gasteiger partial charge on any atom is 0.238 e. The van der Waals surface area contributed by atoms with Crippen molar-refractivity contribution in [2.24, 2.45) is 5.41 Å². The molecule has 0 saturated carbocycles. The fourth-order valence-corrected chi connectivity index (χ4v) is 2.66. The van der Waals surface area contributed by atoms with Crippen molar-refractivity contribution >= 4 is 17.5 Å². The summed E-state index contributed by atoms with van der Waals surface area (Å²) >= 11 is 5.82. The molecular weight excluding hydrogens is 250 g/mol. The molecule has 3 nitrogen and oxygen atoms in total. The fourth-order valence-electron chi connectivity index (χ4n) is 2.60. The summed E-state index contributed by atoms with van der Waals surface area (Å²) in [5.74, 6) is 1.77. The van der Waals surface area contributed by atoms with Gasteiger partial charge in [0.2, 0.25) is 5.91 Å². The van der Waals surface area contributed by atoms with E-state index in [1.54, 1.807) is 6.92 Å². The van der Waals surface area contributed by atoms with Gasteiger partial charge in [0.1, 0.15) is 16.9 Å². The summed E-state index contributed by atoms with van der Waals surface area (Å²) in [7, 11) is 0. The number of hydrogen-bond donors (Lipinski definition) is 1. The van der Waals surface area contributed by atoms with Crippen LogP contribution < -0.4 is 5.32 Å². The van der Waals surface area contributed by atoms with Gasteiger partial charge in [-0.05, 0) is 31.7 Å². The summed E-state index contributed by atoms with van der Waals surface area (Å²) in [6.07, 6.45) is 1.83. The van der Waals surface area contributed by atoms with Gasteiger partial charge in [0.25, 0.3) is 0 Å². The van der Waals surface area contributed by atoms with E-state index in [9.17, 15) is 4.79 Å². The molecule has 2 atom stereocenters. The number of halogens is 1. The minimum atomic E-state index is -0.508. The SMILES string of the molecule is Cc1cc2c(o1)CC(C)(C)CC2NC(=O)C(C)Cl. The zero-order valence-corrected chi connectivity index (χ0v) is 12.1. The molecule has 18 heavy (non-hydrogen) atoms. The molecule has 1 aromatic heterocycles. The zero-order chi connectivity index (χ0) is 13.5. The van der Waals surface area contributed by atoms with E-state index in [4.69, 9.17) is 16.0 Å². The van der Waals surface area contributed by atoms with E-state index in [0.717, 1.165) is 29.9 Å². The number of rotatable bonds is 2. The Morgan fingerprint density at radius 2 is 2.28 bits per heavy atom. The molecule has 2 unspecified atom stereocenters. The second-order valence-electron chi connectivity index (χ2n) is 5.96. The van der Waals surface area contributed by atoms with Gasteiger partial charge >= 0.3 is 0 Å². The summed E-state index contributed by atoms with van der Waals surface area (Å²) < 4.78 is 5.73. The van der Waals surface area contributed by atoms with Crippen molar-refractivity contribution in [3.63, 3.8) is 0 Å². The number of hydrogen-bond acceptors (Lipinski definition) is 2. The minimum absolute atomic E-state index is 0.00917. The molecule has 1 N–H and O–H groups in total. The highest BCUT2D eigenvalue weighted by molar-refractivity contribution is 6.30. The van der Waals surface area contributed by atoms with Crippen molar-refractivity contribution in [2.45, 2.75) is 52.0 Å². The van der Waals surface area contributed by atoms with E-state index in [2.05, 4.69) is 19.2 Å². The van der Waals surface area contributed by atoms with Crippen LogP contribution in [0.2, 0.25) is 0 Å². The van der Waals surface area contributed by atoms with E-state index in [0.29, 0.717) is 0 Å². The molecule has 4 heteroatoms. The Morgan fingerprint density at radius 1 is 1.61 bits per heavy atom. The van der Waals surface area contributed by atoms with Crippen LogP contribution in [0.1, 0.15) is 50.3 Å². The number of carbonyl (C=O) groups is 1. The lowest BCUT2D eigenvalue weighted by Gasteiger charge is -2.34. The van der Waals surface area contributed by atoms with Crippen LogP contribution in [0, 0.1) is 12.3 Å². The second-order valence-corrected chi connectivity index (χ2v) is 6.61. The van der Waals surface area contributed by atoms with Crippen LogP contribution in [0.25, 0.3) is 0 Å². The lowest BCUT2D eigenvalue weighted by molar-refractivity contribution is -0.121. The largest absolute Gasteiger partial charge is 0.466 e. The van der Waals surface area contributed by atoms with Crippen LogP contribution in [0.5, 0.6) is 0 Å². The summed E-state index contributed by atoms with van der Waals surface area (Å²) in [5.41, 5.74) is 1.24. The molecule has 1 aliphatic carbocycles. The average Bonchev–Trinajstić information content (AvgIpc) is 2.56. The normalized spacial score (nSPS) is 23.3. The number of alkyl halides is 1. The highest BCUT2D eigenvalue weighted by atomic mass is 35.5. The quantitative estimate of drug-likeness (QED) is 0.837. The van der Waals surface area contributed by atoms with Crippen molar-refractivity contribution in [3.8, 4) is 0 Å². The van der Waals surface area contributed by atoms with E-state index < -0.39 is 5.38 Å². The van der Waals surface area contributed by atoms with E-state index in [-0.39, 0.29) is 17.4 Å². The molecule has 1 aliphatic rings. The van der Waals surface area contributed by atoms with Gasteiger partial charge in [-0.15, -0.1) is 11.6 Å². The second kappa shape index (κ2) is 4.61. The Morgan fingerprint density at radius 3 is 2.89 bits per heavy atom. The zero-order valence-electron chi connectivity index (χ0n) is 11.3. The molecule has 2 rings (SSSR count). The topological polar surface area (TPSA) is 42.2 Å². The Kier molecular flexibility index (Phi) is 3.45. The summed E-state index contributed by atoms with van der Waals surface area (Å²) in [6.45, 7) is 8.01.